The summed E-state index contributed by atoms with van der Waals surface area (Å²) in [6, 6.07) is 34.3. The highest BCUT2D eigenvalue weighted by Gasteiger charge is 2.19. The minimum absolute atomic E-state index is 0.139. The van der Waals surface area contributed by atoms with Gasteiger partial charge in [-0.25, -0.2) is 0 Å². The summed E-state index contributed by atoms with van der Waals surface area (Å²) in [4.78, 5) is 0. The molecule has 0 spiro atoms. The first-order chi connectivity index (χ1) is 17.5. The van der Waals surface area contributed by atoms with Crippen LogP contribution in [0.3, 0.4) is 0 Å². The first kappa shape index (κ1) is 24.2. The molecule has 6 aromatic rings. The van der Waals surface area contributed by atoms with Crippen LogP contribution in [0.2, 0.25) is 0 Å². The SMILES string of the molecule is CC(C)(C)c1ccc(-c2ccc3ccc4cc(Br)c(-c5ccc(C(C)(C)C)cc5)c5ccc2c3c45)cc1. The topological polar surface area (TPSA) is 0 Å². The van der Waals surface area contributed by atoms with Crippen molar-refractivity contribution in [3.63, 3.8) is 0 Å². The van der Waals surface area contributed by atoms with Crippen molar-refractivity contribution in [2.24, 2.45) is 0 Å². The molecule has 0 saturated heterocycles. The van der Waals surface area contributed by atoms with Gasteiger partial charge in [-0.3, -0.25) is 0 Å². The molecule has 6 aromatic carbocycles. The number of halogens is 1. The second kappa shape index (κ2) is 8.43. The van der Waals surface area contributed by atoms with Crippen LogP contribution >= 0.6 is 15.9 Å². The summed E-state index contributed by atoms with van der Waals surface area (Å²) in [7, 11) is 0. The Bertz CT molecular complexity index is 1760. The molecule has 0 amide bonds. The number of hydrogen-bond acceptors (Lipinski definition) is 0. The minimum Gasteiger partial charge on any atom is -0.0579 e. The van der Waals surface area contributed by atoms with Gasteiger partial charge >= 0.3 is 0 Å². The Labute approximate surface area is 228 Å². The van der Waals surface area contributed by atoms with Crippen LogP contribution in [-0.2, 0) is 10.8 Å². The molecular weight excluding hydrogens is 512 g/mol. The number of rotatable bonds is 2. The van der Waals surface area contributed by atoms with E-state index in [4.69, 9.17) is 0 Å². The van der Waals surface area contributed by atoms with E-state index in [1.165, 1.54) is 65.7 Å². The van der Waals surface area contributed by atoms with Gasteiger partial charge in [0.25, 0.3) is 0 Å². The summed E-state index contributed by atoms with van der Waals surface area (Å²) in [5, 5.41) is 7.88. The van der Waals surface area contributed by atoms with Gasteiger partial charge < -0.3 is 0 Å². The van der Waals surface area contributed by atoms with Crippen molar-refractivity contribution >= 4 is 48.2 Å². The fraction of sp³-hybridized carbons (Fsp3) is 0.222. The maximum atomic E-state index is 3.93. The summed E-state index contributed by atoms with van der Waals surface area (Å²) < 4.78 is 1.14. The number of benzene rings is 6. The normalized spacial score (nSPS) is 12.7. The highest BCUT2D eigenvalue weighted by Crippen LogP contribution is 2.45. The number of hydrogen-bond donors (Lipinski definition) is 0. The molecule has 0 unspecified atom stereocenters. The zero-order valence-corrected chi connectivity index (χ0v) is 24.1. The second-order valence-corrected chi connectivity index (χ2v) is 13.3. The summed E-state index contributed by atoms with van der Waals surface area (Å²) in [6.07, 6.45) is 0. The Kier molecular flexibility index (Phi) is 5.51. The van der Waals surface area contributed by atoms with E-state index in [0.717, 1.165) is 4.47 Å². The van der Waals surface area contributed by atoms with Crippen LogP contribution in [0.5, 0.6) is 0 Å². The molecule has 0 aliphatic heterocycles. The van der Waals surface area contributed by atoms with Crippen molar-refractivity contribution in [3.05, 3.63) is 107 Å². The first-order valence-electron chi connectivity index (χ1n) is 13.1. The standard InChI is InChI=1S/C36H33Br/c1-35(2,3)26-14-9-22(10-15-26)28-18-13-24-7-8-25-21-31(37)32(30-20-19-29(28)33(24)34(25)30)23-11-16-27(17-12-23)36(4,5)6/h7-21H,1-6H3. The van der Waals surface area contributed by atoms with E-state index >= 15 is 0 Å². The molecule has 0 aliphatic rings. The maximum absolute atomic E-state index is 3.93. The molecule has 0 atom stereocenters. The fourth-order valence-corrected chi connectivity index (χ4v) is 6.36. The summed E-state index contributed by atoms with van der Waals surface area (Å²) in [5.41, 5.74) is 8.08. The molecule has 0 bridgehead atoms. The average molecular weight is 546 g/mol. The van der Waals surface area contributed by atoms with Crippen molar-refractivity contribution < 1.29 is 0 Å². The van der Waals surface area contributed by atoms with Gasteiger partial charge in [-0.05, 0) is 77.0 Å². The second-order valence-electron chi connectivity index (χ2n) is 12.4. The van der Waals surface area contributed by atoms with E-state index in [2.05, 4.69) is 148 Å². The lowest BCUT2D eigenvalue weighted by molar-refractivity contribution is 0.590. The predicted octanol–water partition coefficient (Wildman–Crippen LogP) is 11.3. The molecule has 6 rings (SSSR count). The molecule has 1 heteroatoms. The molecule has 0 aromatic heterocycles. The van der Waals surface area contributed by atoms with Crippen LogP contribution in [0, 0.1) is 0 Å². The molecule has 0 nitrogen and oxygen atoms in total. The largest absolute Gasteiger partial charge is 0.0579 e. The third kappa shape index (κ3) is 4.05. The Hall–Kier alpha value is -3.16. The third-order valence-corrected chi connectivity index (χ3v) is 8.46. The van der Waals surface area contributed by atoms with Gasteiger partial charge in [-0.1, -0.05) is 142 Å². The first-order valence-corrected chi connectivity index (χ1v) is 13.9. The molecule has 0 aliphatic carbocycles. The smallest absolute Gasteiger partial charge is 0.0266 e. The predicted molar refractivity (Wildman–Crippen MR) is 166 cm³/mol. The lowest BCUT2D eigenvalue weighted by Crippen LogP contribution is -2.10. The summed E-state index contributed by atoms with van der Waals surface area (Å²) in [6.45, 7) is 13.6. The van der Waals surface area contributed by atoms with Gasteiger partial charge in [0.1, 0.15) is 0 Å². The van der Waals surface area contributed by atoms with E-state index < -0.39 is 0 Å². The maximum Gasteiger partial charge on any atom is 0.0266 e. The van der Waals surface area contributed by atoms with Gasteiger partial charge in [0.05, 0.1) is 0 Å². The van der Waals surface area contributed by atoms with Crippen LogP contribution in [0.1, 0.15) is 52.7 Å². The van der Waals surface area contributed by atoms with E-state index in [-0.39, 0.29) is 10.8 Å². The van der Waals surface area contributed by atoms with Gasteiger partial charge in [-0.2, -0.15) is 0 Å². The van der Waals surface area contributed by atoms with Crippen LogP contribution < -0.4 is 0 Å². The van der Waals surface area contributed by atoms with Gasteiger partial charge in [0.2, 0.25) is 0 Å². The van der Waals surface area contributed by atoms with Crippen LogP contribution in [0.4, 0.5) is 0 Å². The summed E-state index contributed by atoms with van der Waals surface area (Å²) >= 11 is 3.93. The fourth-order valence-electron chi connectivity index (χ4n) is 5.67. The minimum atomic E-state index is 0.139. The highest BCUT2D eigenvalue weighted by molar-refractivity contribution is 9.10. The van der Waals surface area contributed by atoms with Gasteiger partial charge in [0.15, 0.2) is 0 Å². The van der Waals surface area contributed by atoms with E-state index in [1.54, 1.807) is 0 Å². The zero-order valence-electron chi connectivity index (χ0n) is 22.5. The molecule has 0 heterocycles. The molecule has 37 heavy (non-hydrogen) atoms. The average Bonchev–Trinajstić information content (AvgIpc) is 2.86. The van der Waals surface area contributed by atoms with Crippen LogP contribution in [0.15, 0.2) is 95.5 Å². The highest BCUT2D eigenvalue weighted by atomic mass is 79.9. The van der Waals surface area contributed by atoms with Crippen molar-refractivity contribution in [3.8, 4) is 22.3 Å². The Morgan fingerprint density at radius 2 is 0.973 bits per heavy atom. The quantitative estimate of drug-likeness (QED) is 0.190. The van der Waals surface area contributed by atoms with Crippen molar-refractivity contribution in [2.75, 3.05) is 0 Å². The monoisotopic (exact) mass is 544 g/mol. The lowest BCUT2D eigenvalue weighted by Gasteiger charge is -2.21. The van der Waals surface area contributed by atoms with Crippen LogP contribution in [0.25, 0.3) is 54.6 Å². The molecule has 0 fully saturated rings. The van der Waals surface area contributed by atoms with Gasteiger partial charge in [-0.15, -0.1) is 0 Å². The molecule has 184 valence electrons. The molecule has 0 saturated carbocycles. The summed E-state index contributed by atoms with van der Waals surface area (Å²) in [5.74, 6) is 0. The third-order valence-electron chi connectivity index (χ3n) is 7.84. The van der Waals surface area contributed by atoms with E-state index in [1.807, 2.05) is 0 Å². The molecule has 0 N–H and O–H groups in total. The zero-order chi connectivity index (χ0) is 26.1. The van der Waals surface area contributed by atoms with Gasteiger partial charge in [0, 0.05) is 10.0 Å². The van der Waals surface area contributed by atoms with Crippen LogP contribution in [-0.4, -0.2) is 0 Å². The van der Waals surface area contributed by atoms with E-state index in [9.17, 15) is 0 Å². The Morgan fingerprint density at radius 3 is 1.57 bits per heavy atom. The van der Waals surface area contributed by atoms with Crippen molar-refractivity contribution in [2.45, 2.75) is 52.4 Å². The molecule has 0 radical (unpaired) electrons. The lowest BCUT2D eigenvalue weighted by atomic mass is 9.84. The van der Waals surface area contributed by atoms with Crippen molar-refractivity contribution in [1.82, 2.24) is 0 Å². The Balaban J connectivity index is 1.60. The van der Waals surface area contributed by atoms with Crippen molar-refractivity contribution in [1.29, 1.82) is 0 Å². The molecular formula is C36H33Br. The Morgan fingerprint density at radius 1 is 0.486 bits per heavy atom. The van der Waals surface area contributed by atoms with E-state index in [0.29, 0.717) is 0 Å².